The lowest BCUT2D eigenvalue weighted by Crippen LogP contribution is -2.13. The van der Waals surface area contributed by atoms with Crippen molar-refractivity contribution < 1.29 is 4.74 Å². The second-order valence-electron chi connectivity index (χ2n) is 1.97. The minimum Gasteiger partial charge on any atom is -0.384 e. The Morgan fingerprint density at radius 3 is 3.22 bits per heavy atom. The number of rotatable bonds is 2. The van der Waals surface area contributed by atoms with Gasteiger partial charge in [-0.2, -0.15) is 0 Å². The largest absolute Gasteiger partial charge is 0.384 e. The lowest BCUT2D eigenvalue weighted by atomic mass is 10.3. The Hall–Kier alpha value is 0.660. The van der Waals surface area contributed by atoms with Crippen LogP contribution in [0.1, 0.15) is 6.42 Å². The van der Waals surface area contributed by atoms with Gasteiger partial charge < -0.3 is 4.74 Å². The van der Waals surface area contributed by atoms with Crippen LogP contribution in [0, 0.1) is 5.08 Å². The van der Waals surface area contributed by atoms with Crippen LogP contribution in [0.25, 0.3) is 0 Å². The highest BCUT2D eigenvalue weighted by atomic mass is 32.2. The summed E-state index contributed by atoms with van der Waals surface area (Å²) in [7, 11) is 1.77. The van der Waals surface area contributed by atoms with E-state index in [0.29, 0.717) is 0 Å². The zero-order valence-corrected chi connectivity index (χ0v) is 7.13. The molecule has 1 aliphatic rings. The fraction of sp³-hybridized carbons (Fsp3) is 0.833. The van der Waals surface area contributed by atoms with Crippen molar-refractivity contribution >= 4 is 23.5 Å². The Labute approximate surface area is 64.9 Å². The van der Waals surface area contributed by atoms with Gasteiger partial charge in [-0.1, -0.05) is 0 Å². The first kappa shape index (κ1) is 7.76. The monoisotopic (exact) mass is 163 g/mol. The van der Waals surface area contributed by atoms with Gasteiger partial charge in [-0.25, -0.2) is 0 Å². The van der Waals surface area contributed by atoms with Gasteiger partial charge in [0.15, 0.2) is 0 Å². The first-order chi connectivity index (χ1) is 4.43. The minimum atomic E-state index is 0.719. The molecule has 1 rings (SSSR count). The van der Waals surface area contributed by atoms with E-state index in [-0.39, 0.29) is 0 Å². The molecule has 9 heavy (non-hydrogen) atoms. The molecule has 3 heteroatoms. The molecular weight excluding hydrogens is 152 g/mol. The number of ether oxygens (including phenoxy) is 1. The predicted octanol–water partition coefficient (Wildman–Crippen LogP) is 1.99. The maximum absolute atomic E-state index is 5.03. The number of thioether (sulfide) groups is 2. The zero-order valence-electron chi connectivity index (χ0n) is 5.50. The van der Waals surface area contributed by atoms with Crippen molar-refractivity contribution in [3.05, 3.63) is 5.08 Å². The van der Waals surface area contributed by atoms with Gasteiger partial charge in [0, 0.05) is 12.4 Å². The molecule has 0 bridgehead atoms. The lowest BCUT2D eigenvalue weighted by Gasteiger charge is -2.18. The van der Waals surface area contributed by atoms with E-state index in [1.165, 1.54) is 12.2 Å². The molecule has 1 aliphatic heterocycles. The fourth-order valence-corrected chi connectivity index (χ4v) is 3.11. The molecular formula is C6H11OS2. The van der Waals surface area contributed by atoms with Crippen LogP contribution in [0.2, 0.25) is 0 Å². The molecule has 0 aromatic rings. The van der Waals surface area contributed by atoms with Crippen molar-refractivity contribution in [2.24, 2.45) is 0 Å². The van der Waals surface area contributed by atoms with Crippen molar-refractivity contribution in [1.29, 1.82) is 0 Å². The van der Waals surface area contributed by atoms with Crippen LogP contribution in [0.15, 0.2) is 0 Å². The standard InChI is InChI=1S/C6H11OS2/c1-7-4-6-2-3-8-5-9-6/h5-6H,2-4H2,1H3. The maximum Gasteiger partial charge on any atom is 0.0716 e. The van der Waals surface area contributed by atoms with Crippen molar-refractivity contribution in [2.75, 3.05) is 19.5 Å². The molecule has 1 saturated heterocycles. The van der Waals surface area contributed by atoms with Gasteiger partial charge in [0.1, 0.15) is 0 Å². The second kappa shape index (κ2) is 4.47. The molecule has 1 nitrogen and oxygen atoms in total. The van der Waals surface area contributed by atoms with Gasteiger partial charge in [0.25, 0.3) is 0 Å². The van der Waals surface area contributed by atoms with Gasteiger partial charge in [-0.05, 0) is 12.2 Å². The molecule has 1 heterocycles. The average Bonchev–Trinajstić information content (AvgIpc) is 1.91. The highest BCUT2D eigenvalue weighted by molar-refractivity contribution is 8.20. The Balaban J connectivity index is 2.08. The van der Waals surface area contributed by atoms with E-state index in [0.717, 1.165) is 11.9 Å². The zero-order chi connectivity index (χ0) is 6.53. The third-order valence-electron chi connectivity index (χ3n) is 1.23. The molecule has 0 spiro atoms. The first-order valence-corrected chi connectivity index (χ1v) is 5.00. The summed E-state index contributed by atoms with van der Waals surface area (Å²) in [4.78, 5) is 0. The van der Waals surface area contributed by atoms with Crippen molar-refractivity contribution in [3.8, 4) is 0 Å². The lowest BCUT2D eigenvalue weighted by molar-refractivity contribution is 0.198. The van der Waals surface area contributed by atoms with Gasteiger partial charge >= 0.3 is 0 Å². The van der Waals surface area contributed by atoms with Crippen LogP contribution in [0.5, 0.6) is 0 Å². The second-order valence-corrected chi connectivity index (χ2v) is 4.42. The molecule has 0 N–H and O–H groups in total. The summed E-state index contributed by atoms with van der Waals surface area (Å²) in [5.41, 5.74) is 0. The normalized spacial score (nSPS) is 28.3. The first-order valence-electron chi connectivity index (χ1n) is 3.01. The fourth-order valence-electron chi connectivity index (χ4n) is 0.742. The maximum atomic E-state index is 5.03. The SMILES string of the molecule is COCC1CCS[CH]S1. The van der Waals surface area contributed by atoms with Crippen LogP contribution in [0.4, 0.5) is 0 Å². The third-order valence-corrected chi connectivity index (χ3v) is 3.44. The van der Waals surface area contributed by atoms with Gasteiger partial charge in [-0.3, -0.25) is 0 Å². The smallest absolute Gasteiger partial charge is 0.0716 e. The highest BCUT2D eigenvalue weighted by Gasteiger charge is 2.13. The third kappa shape index (κ3) is 2.83. The summed E-state index contributed by atoms with van der Waals surface area (Å²) < 4.78 is 5.03. The van der Waals surface area contributed by atoms with E-state index in [2.05, 4.69) is 5.08 Å². The van der Waals surface area contributed by atoms with Gasteiger partial charge in [-0.15, -0.1) is 23.5 Å². The van der Waals surface area contributed by atoms with Crippen LogP contribution in [-0.4, -0.2) is 24.7 Å². The molecule has 0 amide bonds. The number of hydrogen-bond donors (Lipinski definition) is 0. The summed E-state index contributed by atoms with van der Waals surface area (Å²) in [6.07, 6.45) is 1.29. The Bertz CT molecular complexity index is 68.7. The highest BCUT2D eigenvalue weighted by Crippen LogP contribution is 2.32. The van der Waals surface area contributed by atoms with E-state index in [4.69, 9.17) is 4.74 Å². The van der Waals surface area contributed by atoms with Crippen LogP contribution in [0.3, 0.4) is 0 Å². The molecule has 0 aliphatic carbocycles. The molecule has 1 fully saturated rings. The van der Waals surface area contributed by atoms with E-state index in [1.807, 2.05) is 23.5 Å². The summed E-state index contributed by atoms with van der Waals surface area (Å²) in [6, 6.07) is 0. The van der Waals surface area contributed by atoms with E-state index in [1.54, 1.807) is 7.11 Å². The van der Waals surface area contributed by atoms with Crippen LogP contribution >= 0.6 is 23.5 Å². The summed E-state index contributed by atoms with van der Waals surface area (Å²) in [5.74, 6) is 1.26. The molecule has 1 radical (unpaired) electrons. The molecule has 1 atom stereocenters. The van der Waals surface area contributed by atoms with E-state index < -0.39 is 0 Å². The van der Waals surface area contributed by atoms with Crippen molar-refractivity contribution in [3.63, 3.8) is 0 Å². The Morgan fingerprint density at radius 1 is 1.78 bits per heavy atom. The van der Waals surface area contributed by atoms with Crippen LogP contribution in [-0.2, 0) is 4.74 Å². The Morgan fingerprint density at radius 2 is 2.67 bits per heavy atom. The average molecular weight is 163 g/mol. The van der Waals surface area contributed by atoms with Crippen LogP contribution < -0.4 is 0 Å². The van der Waals surface area contributed by atoms with Crippen molar-refractivity contribution in [2.45, 2.75) is 11.7 Å². The quantitative estimate of drug-likeness (QED) is 0.616. The Kier molecular flexibility index (Phi) is 3.86. The van der Waals surface area contributed by atoms with E-state index >= 15 is 0 Å². The minimum absolute atomic E-state index is 0.719. The van der Waals surface area contributed by atoms with Gasteiger partial charge in [0.2, 0.25) is 0 Å². The van der Waals surface area contributed by atoms with E-state index in [9.17, 15) is 0 Å². The molecule has 0 saturated carbocycles. The predicted molar refractivity (Wildman–Crippen MR) is 44.6 cm³/mol. The summed E-state index contributed by atoms with van der Waals surface area (Å²) in [6.45, 7) is 0.904. The molecule has 0 aromatic heterocycles. The molecule has 0 aromatic carbocycles. The topological polar surface area (TPSA) is 9.23 Å². The van der Waals surface area contributed by atoms with Crippen molar-refractivity contribution in [1.82, 2.24) is 0 Å². The number of hydrogen-bond acceptors (Lipinski definition) is 3. The molecule has 53 valence electrons. The van der Waals surface area contributed by atoms with Gasteiger partial charge in [0.05, 0.1) is 11.7 Å². The summed E-state index contributed by atoms with van der Waals surface area (Å²) >= 11 is 3.81. The number of methoxy groups -OCH3 is 1. The molecule has 1 unspecified atom stereocenters. The summed E-state index contributed by atoms with van der Waals surface area (Å²) in [5, 5.41) is 2.93.